The van der Waals surface area contributed by atoms with Gasteiger partial charge in [0.1, 0.15) is 0 Å². The van der Waals surface area contributed by atoms with Crippen LogP contribution in [0.3, 0.4) is 0 Å². The van der Waals surface area contributed by atoms with E-state index < -0.39 is 0 Å². The molecule has 0 N–H and O–H groups in total. The number of benzene rings is 4. The molecule has 0 bridgehead atoms. The van der Waals surface area contributed by atoms with E-state index in [0.717, 1.165) is 6.42 Å². The van der Waals surface area contributed by atoms with Crippen molar-refractivity contribution in [2.75, 3.05) is 0 Å². The zero-order valence-corrected chi connectivity index (χ0v) is 16.4. The van der Waals surface area contributed by atoms with Crippen LogP contribution in [0, 0.1) is 0 Å². The zero-order valence-electron chi connectivity index (χ0n) is 16.4. The average Bonchev–Trinajstić information content (AvgIpc) is 2.79. The van der Waals surface area contributed by atoms with Gasteiger partial charge < -0.3 is 0 Å². The van der Waals surface area contributed by atoms with E-state index >= 15 is 0 Å². The molecular weight excluding hydrogens is 336 g/mol. The Kier molecular flexibility index (Phi) is 5.68. The molecule has 0 aromatic heterocycles. The molecule has 138 valence electrons. The highest BCUT2D eigenvalue weighted by Crippen LogP contribution is 2.29. The number of hydrogen-bond donors (Lipinski definition) is 0. The van der Waals surface area contributed by atoms with E-state index in [1.807, 2.05) is 0 Å². The number of unbranched alkanes of at least 4 members (excludes halogenated alkanes) is 1. The van der Waals surface area contributed by atoms with Gasteiger partial charge in [0.2, 0.25) is 0 Å². The van der Waals surface area contributed by atoms with Gasteiger partial charge in [-0.3, -0.25) is 0 Å². The predicted octanol–water partition coefficient (Wildman–Crippen LogP) is 8.03. The van der Waals surface area contributed by atoms with Crippen molar-refractivity contribution < 1.29 is 0 Å². The smallest absolute Gasteiger partial charge is 0.0152 e. The lowest BCUT2D eigenvalue weighted by Gasteiger charge is -2.11. The van der Waals surface area contributed by atoms with E-state index in [1.54, 1.807) is 0 Å². The minimum absolute atomic E-state index is 1.15. The molecule has 0 saturated carbocycles. The summed E-state index contributed by atoms with van der Waals surface area (Å²) in [6, 6.07) is 37.2. The van der Waals surface area contributed by atoms with Crippen LogP contribution in [0.4, 0.5) is 0 Å². The molecule has 4 aromatic carbocycles. The predicted molar refractivity (Wildman–Crippen MR) is 121 cm³/mol. The van der Waals surface area contributed by atoms with Crippen molar-refractivity contribution in [3.8, 4) is 33.4 Å². The highest BCUT2D eigenvalue weighted by molar-refractivity contribution is 5.74. The van der Waals surface area contributed by atoms with Crippen LogP contribution in [0.1, 0.15) is 25.3 Å². The molecule has 0 aliphatic carbocycles. The summed E-state index contributed by atoms with van der Waals surface area (Å²) in [5.41, 5.74) is 9.14. The molecule has 0 saturated heterocycles. The molecule has 0 radical (unpaired) electrons. The molecule has 0 heteroatoms. The molecule has 0 aliphatic heterocycles. The standard InChI is InChI=1S/C28H26/c1-2-3-9-26-12-7-8-13-28(26)27-20-18-25(19-21-27)24-16-14-23(15-17-24)22-10-5-4-6-11-22/h4-8,10-21H,2-3,9H2,1H3. The summed E-state index contributed by atoms with van der Waals surface area (Å²) in [4.78, 5) is 0. The first-order valence-corrected chi connectivity index (χ1v) is 10.2. The van der Waals surface area contributed by atoms with E-state index in [2.05, 4.69) is 110 Å². The van der Waals surface area contributed by atoms with Gasteiger partial charge in [-0.05, 0) is 51.8 Å². The van der Waals surface area contributed by atoms with Crippen LogP contribution in [-0.4, -0.2) is 0 Å². The molecular formula is C28H26. The minimum atomic E-state index is 1.15. The second-order valence-electron chi connectivity index (χ2n) is 7.28. The van der Waals surface area contributed by atoms with Gasteiger partial charge >= 0.3 is 0 Å². The molecule has 0 heterocycles. The van der Waals surface area contributed by atoms with Crippen molar-refractivity contribution in [1.29, 1.82) is 0 Å². The number of rotatable bonds is 6. The third kappa shape index (κ3) is 4.07. The summed E-state index contributed by atoms with van der Waals surface area (Å²) < 4.78 is 0. The first-order chi connectivity index (χ1) is 13.8. The Morgan fingerprint density at radius 1 is 0.464 bits per heavy atom. The van der Waals surface area contributed by atoms with E-state index in [1.165, 1.54) is 51.8 Å². The Morgan fingerprint density at radius 2 is 0.929 bits per heavy atom. The zero-order chi connectivity index (χ0) is 19.2. The molecule has 0 spiro atoms. The van der Waals surface area contributed by atoms with Gasteiger partial charge in [0.25, 0.3) is 0 Å². The van der Waals surface area contributed by atoms with Gasteiger partial charge in [-0.15, -0.1) is 0 Å². The average molecular weight is 363 g/mol. The Labute approximate surface area is 168 Å². The van der Waals surface area contributed by atoms with Gasteiger partial charge in [-0.2, -0.15) is 0 Å². The lowest BCUT2D eigenvalue weighted by atomic mass is 9.94. The Hall–Kier alpha value is -3.12. The van der Waals surface area contributed by atoms with Crippen molar-refractivity contribution in [1.82, 2.24) is 0 Å². The summed E-state index contributed by atoms with van der Waals surface area (Å²) in [5.74, 6) is 0. The van der Waals surface area contributed by atoms with Crippen LogP contribution in [0.5, 0.6) is 0 Å². The monoisotopic (exact) mass is 362 g/mol. The summed E-state index contributed by atoms with van der Waals surface area (Å²) >= 11 is 0. The number of aryl methyl sites for hydroxylation is 1. The van der Waals surface area contributed by atoms with Crippen LogP contribution in [0.25, 0.3) is 33.4 Å². The summed E-state index contributed by atoms with van der Waals surface area (Å²) in [6.07, 6.45) is 3.62. The Balaban J connectivity index is 1.57. The van der Waals surface area contributed by atoms with Crippen LogP contribution in [0.15, 0.2) is 103 Å². The SMILES string of the molecule is CCCCc1ccccc1-c1ccc(-c2ccc(-c3ccccc3)cc2)cc1. The molecule has 0 fully saturated rings. The highest BCUT2D eigenvalue weighted by atomic mass is 14.1. The van der Waals surface area contributed by atoms with E-state index in [-0.39, 0.29) is 0 Å². The summed E-state index contributed by atoms with van der Waals surface area (Å²) in [5, 5.41) is 0. The maximum atomic E-state index is 2.27. The maximum Gasteiger partial charge on any atom is -0.0152 e. The largest absolute Gasteiger partial charge is 0.0654 e. The van der Waals surface area contributed by atoms with E-state index in [4.69, 9.17) is 0 Å². The Morgan fingerprint density at radius 3 is 1.50 bits per heavy atom. The van der Waals surface area contributed by atoms with E-state index in [0.29, 0.717) is 0 Å². The van der Waals surface area contributed by atoms with Crippen molar-refractivity contribution in [2.24, 2.45) is 0 Å². The Bertz CT molecular complexity index is 1010. The van der Waals surface area contributed by atoms with E-state index in [9.17, 15) is 0 Å². The second kappa shape index (κ2) is 8.71. The van der Waals surface area contributed by atoms with Crippen molar-refractivity contribution in [3.05, 3.63) is 109 Å². The van der Waals surface area contributed by atoms with Crippen LogP contribution < -0.4 is 0 Å². The molecule has 0 amide bonds. The quantitative estimate of drug-likeness (QED) is 0.325. The van der Waals surface area contributed by atoms with Gasteiger partial charge in [-0.1, -0.05) is 116 Å². The summed E-state index contributed by atoms with van der Waals surface area (Å²) in [6.45, 7) is 2.25. The molecule has 4 aromatic rings. The molecule has 0 atom stereocenters. The topological polar surface area (TPSA) is 0 Å². The summed E-state index contributed by atoms with van der Waals surface area (Å²) in [7, 11) is 0. The highest BCUT2D eigenvalue weighted by Gasteiger charge is 2.05. The third-order valence-electron chi connectivity index (χ3n) is 5.34. The fourth-order valence-corrected chi connectivity index (χ4v) is 3.72. The molecule has 4 rings (SSSR count). The van der Waals surface area contributed by atoms with Gasteiger partial charge in [0.15, 0.2) is 0 Å². The van der Waals surface area contributed by atoms with Crippen LogP contribution in [0.2, 0.25) is 0 Å². The van der Waals surface area contributed by atoms with Gasteiger partial charge in [0.05, 0.1) is 0 Å². The fraction of sp³-hybridized carbons (Fsp3) is 0.143. The lowest BCUT2D eigenvalue weighted by Crippen LogP contribution is -1.90. The van der Waals surface area contributed by atoms with Gasteiger partial charge in [0, 0.05) is 0 Å². The second-order valence-corrected chi connectivity index (χ2v) is 7.28. The third-order valence-corrected chi connectivity index (χ3v) is 5.34. The van der Waals surface area contributed by atoms with Crippen LogP contribution in [-0.2, 0) is 6.42 Å². The minimum Gasteiger partial charge on any atom is -0.0654 e. The molecule has 0 nitrogen and oxygen atoms in total. The lowest BCUT2D eigenvalue weighted by molar-refractivity contribution is 0.796. The van der Waals surface area contributed by atoms with Gasteiger partial charge in [-0.25, -0.2) is 0 Å². The van der Waals surface area contributed by atoms with Crippen LogP contribution >= 0.6 is 0 Å². The van der Waals surface area contributed by atoms with Crippen molar-refractivity contribution in [3.63, 3.8) is 0 Å². The first-order valence-electron chi connectivity index (χ1n) is 10.2. The first kappa shape index (κ1) is 18.3. The normalized spacial score (nSPS) is 10.8. The van der Waals surface area contributed by atoms with Crippen molar-refractivity contribution >= 4 is 0 Å². The molecule has 0 aliphatic rings. The number of hydrogen-bond acceptors (Lipinski definition) is 0. The van der Waals surface area contributed by atoms with Crippen molar-refractivity contribution in [2.45, 2.75) is 26.2 Å². The molecule has 28 heavy (non-hydrogen) atoms. The molecule has 0 unspecified atom stereocenters. The maximum absolute atomic E-state index is 2.27. The fourth-order valence-electron chi connectivity index (χ4n) is 3.72.